The first-order chi connectivity index (χ1) is 5.34. The van der Waals surface area contributed by atoms with Crippen LogP contribution < -0.4 is 0 Å². The van der Waals surface area contributed by atoms with E-state index >= 15 is 0 Å². The van der Waals surface area contributed by atoms with Gasteiger partial charge < -0.3 is 0 Å². The van der Waals surface area contributed by atoms with Crippen molar-refractivity contribution in [3.05, 3.63) is 12.2 Å². The molecule has 0 spiro atoms. The first-order valence-electron chi connectivity index (χ1n) is 3.79. The van der Waals surface area contributed by atoms with Crippen molar-refractivity contribution in [3.63, 3.8) is 0 Å². The van der Waals surface area contributed by atoms with Gasteiger partial charge >= 0.3 is 11.4 Å². The molecule has 5 atom stereocenters. The SMILES string of the molecule is O=S1O[C@@H]2[C@H](O1)[C@@H]1C=C[C@H]2C1. The van der Waals surface area contributed by atoms with Gasteiger partial charge in [0, 0.05) is 11.8 Å². The van der Waals surface area contributed by atoms with Crippen molar-refractivity contribution in [3.8, 4) is 0 Å². The normalized spacial score (nSPS) is 58.7. The van der Waals surface area contributed by atoms with Crippen LogP contribution in [0.1, 0.15) is 6.42 Å². The number of fused-ring (bicyclic) bond motifs is 5. The molecule has 2 fully saturated rings. The van der Waals surface area contributed by atoms with Crippen LogP contribution in [0, 0.1) is 11.8 Å². The topological polar surface area (TPSA) is 35.5 Å². The summed E-state index contributed by atoms with van der Waals surface area (Å²) in [6.07, 6.45) is 5.57. The molecule has 2 aliphatic carbocycles. The van der Waals surface area contributed by atoms with Crippen molar-refractivity contribution in [2.75, 3.05) is 0 Å². The molecule has 1 saturated heterocycles. The molecule has 0 radical (unpaired) electrons. The lowest BCUT2D eigenvalue weighted by Crippen LogP contribution is -2.26. The van der Waals surface area contributed by atoms with E-state index in [4.69, 9.17) is 8.37 Å². The van der Waals surface area contributed by atoms with E-state index in [1.807, 2.05) is 0 Å². The van der Waals surface area contributed by atoms with Crippen LogP contribution >= 0.6 is 0 Å². The second kappa shape index (κ2) is 1.94. The van der Waals surface area contributed by atoms with Crippen molar-refractivity contribution in [2.45, 2.75) is 18.6 Å². The minimum Gasteiger partial charge on any atom is -0.262 e. The maximum absolute atomic E-state index is 10.8. The highest BCUT2D eigenvalue weighted by molar-refractivity contribution is 7.75. The van der Waals surface area contributed by atoms with Gasteiger partial charge in [0.25, 0.3) is 0 Å². The summed E-state index contributed by atoms with van der Waals surface area (Å²) < 4.78 is 21.1. The van der Waals surface area contributed by atoms with Crippen molar-refractivity contribution < 1.29 is 12.6 Å². The lowest BCUT2D eigenvalue weighted by molar-refractivity contribution is 0.145. The van der Waals surface area contributed by atoms with Crippen molar-refractivity contribution in [1.82, 2.24) is 0 Å². The Bertz CT molecular complexity index is 228. The lowest BCUT2D eigenvalue weighted by Gasteiger charge is -2.13. The average molecular weight is 172 g/mol. The Morgan fingerprint density at radius 2 is 1.73 bits per heavy atom. The fourth-order valence-corrected chi connectivity index (χ4v) is 3.10. The lowest BCUT2D eigenvalue weighted by atomic mass is 10.0. The highest BCUT2D eigenvalue weighted by Crippen LogP contribution is 2.46. The summed E-state index contributed by atoms with van der Waals surface area (Å²) in [5, 5.41) is 0. The largest absolute Gasteiger partial charge is 0.305 e. The van der Waals surface area contributed by atoms with Crippen LogP contribution in [0.4, 0.5) is 0 Å². The molecule has 1 aliphatic heterocycles. The van der Waals surface area contributed by atoms with Gasteiger partial charge in [0.05, 0.1) is 0 Å². The number of rotatable bonds is 0. The molecule has 3 aliphatic rings. The van der Waals surface area contributed by atoms with Crippen LogP contribution in [0.15, 0.2) is 12.2 Å². The van der Waals surface area contributed by atoms with Gasteiger partial charge in [-0.15, -0.1) is 0 Å². The van der Waals surface area contributed by atoms with Gasteiger partial charge in [-0.25, -0.2) is 0 Å². The Hall–Kier alpha value is -0.190. The summed E-state index contributed by atoms with van der Waals surface area (Å²) in [4.78, 5) is 0. The zero-order chi connectivity index (χ0) is 7.42. The molecular weight excluding hydrogens is 164 g/mol. The predicted molar refractivity (Wildman–Crippen MR) is 38.6 cm³/mol. The third-order valence-electron chi connectivity index (χ3n) is 2.70. The molecule has 0 aromatic heterocycles. The summed E-state index contributed by atoms with van der Waals surface area (Å²) in [6.45, 7) is 0. The van der Waals surface area contributed by atoms with Gasteiger partial charge in [0.1, 0.15) is 12.2 Å². The predicted octanol–water partition coefficient (Wildman–Crippen LogP) is 0.555. The van der Waals surface area contributed by atoms with Gasteiger partial charge in [0.15, 0.2) is 0 Å². The van der Waals surface area contributed by atoms with E-state index < -0.39 is 11.4 Å². The van der Waals surface area contributed by atoms with Crippen LogP contribution in [0.5, 0.6) is 0 Å². The molecule has 2 bridgehead atoms. The summed E-state index contributed by atoms with van der Waals surface area (Å²) in [7, 11) is 0. The summed E-state index contributed by atoms with van der Waals surface area (Å²) in [5.74, 6) is 0.910. The minimum absolute atomic E-state index is 0.0748. The van der Waals surface area contributed by atoms with E-state index in [0.717, 1.165) is 6.42 Å². The average Bonchev–Trinajstić information content (AvgIpc) is 2.53. The fraction of sp³-hybridized carbons (Fsp3) is 0.714. The van der Waals surface area contributed by atoms with E-state index in [1.165, 1.54) is 0 Å². The molecule has 0 amide bonds. The molecule has 3 nitrogen and oxygen atoms in total. The first-order valence-corrected chi connectivity index (χ1v) is 4.79. The monoisotopic (exact) mass is 172 g/mol. The van der Waals surface area contributed by atoms with E-state index in [9.17, 15) is 4.21 Å². The molecule has 0 N–H and O–H groups in total. The maximum atomic E-state index is 10.8. The van der Waals surface area contributed by atoms with Crippen molar-refractivity contribution in [1.29, 1.82) is 0 Å². The molecule has 11 heavy (non-hydrogen) atoms. The summed E-state index contributed by atoms with van der Waals surface area (Å²) in [6, 6.07) is 0. The molecule has 0 aromatic rings. The molecule has 1 unspecified atom stereocenters. The summed E-state index contributed by atoms with van der Waals surface area (Å²) in [5.41, 5.74) is 0. The van der Waals surface area contributed by atoms with E-state index in [2.05, 4.69) is 12.2 Å². The Morgan fingerprint density at radius 3 is 2.27 bits per heavy atom. The Kier molecular flexibility index (Phi) is 1.12. The molecule has 0 aromatic carbocycles. The Labute approximate surface area is 67.2 Å². The fourth-order valence-electron chi connectivity index (χ4n) is 2.19. The zero-order valence-corrected chi connectivity index (χ0v) is 6.62. The second-order valence-electron chi connectivity index (χ2n) is 3.27. The minimum atomic E-state index is -1.47. The van der Waals surface area contributed by atoms with Crippen LogP contribution in [0.3, 0.4) is 0 Å². The number of hydrogen-bond donors (Lipinski definition) is 0. The van der Waals surface area contributed by atoms with Gasteiger partial charge in [0.2, 0.25) is 0 Å². The maximum Gasteiger partial charge on any atom is 0.305 e. The van der Waals surface area contributed by atoms with Crippen LogP contribution in [0.2, 0.25) is 0 Å². The van der Waals surface area contributed by atoms with Crippen molar-refractivity contribution >= 4 is 11.4 Å². The smallest absolute Gasteiger partial charge is 0.262 e. The van der Waals surface area contributed by atoms with Crippen LogP contribution in [-0.2, 0) is 19.7 Å². The van der Waals surface area contributed by atoms with Gasteiger partial charge in [-0.3, -0.25) is 8.37 Å². The molecule has 1 heterocycles. The first kappa shape index (κ1) is 6.34. The molecule has 1 saturated carbocycles. The molecular formula is C7H8O3S. The highest BCUT2D eigenvalue weighted by atomic mass is 32.2. The summed E-state index contributed by atoms with van der Waals surface area (Å²) >= 11 is -1.47. The van der Waals surface area contributed by atoms with E-state index in [0.29, 0.717) is 11.8 Å². The Balaban J connectivity index is 1.97. The third-order valence-corrected chi connectivity index (χ3v) is 3.46. The van der Waals surface area contributed by atoms with E-state index in [1.54, 1.807) is 0 Å². The van der Waals surface area contributed by atoms with Crippen molar-refractivity contribution in [2.24, 2.45) is 11.8 Å². The highest BCUT2D eigenvalue weighted by Gasteiger charge is 2.52. The zero-order valence-electron chi connectivity index (χ0n) is 5.80. The quantitative estimate of drug-likeness (QED) is 0.501. The van der Waals surface area contributed by atoms with Gasteiger partial charge in [-0.05, 0) is 6.42 Å². The molecule has 3 rings (SSSR count). The number of hydrogen-bond acceptors (Lipinski definition) is 3. The second-order valence-corrected chi connectivity index (χ2v) is 4.07. The Morgan fingerprint density at radius 1 is 1.18 bits per heavy atom. The molecule has 60 valence electrons. The van der Waals surface area contributed by atoms with Crippen LogP contribution in [-0.4, -0.2) is 16.4 Å². The molecule has 4 heteroatoms. The standard InChI is InChI=1S/C7H8O3S/c8-11-9-6-4-1-2-5(3-4)7(6)10-11/h1-2,4-7H,3H2/t4-,5+,6-,7+,11?. The van der Waals surface area contributed by atoms with Crippen LogP contribution in [0.25, 0.3) is 0 Å². The van der Waals surface area contributed by atoms with Gasteiger partial charge in [-0.2, -0.15) is 4.21 Å². The van der Waals surface area contributed by atoms with Gasteiger partial charge in [-0.1, -0.05) is 12.2 Å². The van der Waals surface area contributed by atoms with E-state index in [-0.39, 0.29) is 12.2 Å². The third kappa shape index (κ3) is 0.721.